The fourth-order valence-electron chi connectivity index (χ4n) is 3.69. The third kappa shape index (κ3) is 4.96. The van der Waals surface area contributed by atoms with Crippen molar-refractivity contribution in [2.45, 2.75) is 31.2 Å². The number of hydrogen-bond acceptors (Lipinski definition) is 5. The van der Waals surface area contributed by atoms with Gasteiger partial charge in [0.25, 0.3) is 10.0 Å². The maximum Gasteiger partial charge on any atom is 0.279 e. The molecule has 1 N–H and O–H groups in total. The first-order valence-electron chi connectivity index (χ1n) is 10.6. The Balaban J connectivity index is 1.82. The first kappa shape index (κ1) is 24.3. The molecule has 0 radical (unpaired) electrons. The van der Waals surface area contributed by atoms with E-state index >= 15 is 0 Å². The van der Waals surface area contributed by atoms with Crippen molar-refractivity contribution in [3.05, 3.63) is 94.5 Å². The fraction of sp³-hybridized carbons (Fsp3) is 0.208. The van der Waals surface area contributed by atoms with Crippen LogP contribution in [0.25, 0.3) is 0 Å². The minimum atomic E-state index is -4.01. The first-order valence-corrected chi connectivity index (χ1v) is 14.1. The largest absolute Gasteiger partial charge is 0.283 e. The van der Waals surface area contributed by atoms with Gasteiger partial charge in [-0.05, 0) is 49.7 Å². The number of anilines is 1. The van der Waals surface area contributed by atoms with E-state index in [1.54, 1.807) is 31.2 Å². The second-order valence-electron chi connectivity index (χ2n) is 7.96. The van der Waals surface area contributed by atoms with Crippen LogP contribution in [0.4, 0.5) is 5.69 Å². The molecule has 10 heteroatoms. The van der Waals surface area contributed by atoms with Gasteiger partial charge >= 0.3 is 0 Å². The summed E-state index contributed by atoms with van der Waals surface area (Å²) in [6.45, 7) is 3.50. The second kappa shape index (κ2) is 9.40. The van der Waals surface area contributed by atoms with E-state index < -0.39 is 26.1 Å². The molecule has 1 heterocycles. The predicted molar refractivity (Wildman–Crippen MR) is 135 cm³/mol. The molecule has 0 saturated carbocycles. The molecule has 0 aliphatic carbocycles. The quantitative estimate of drug-likeness (QED) is 0.479. The minimum Gasteiger partial charge on any atom is -0.283 e. The number of nitrogens with zero attached hydrogens (tertiary/aromatic N) is 2. The Hall–Kier alpha value is -2.88. The molecule has 0 aromatic heterocycles. The third-order valence-electron chi connectivity index (χ3n) is 5.58. The van der Waals surface area contributed by atoms with E-state index in [2.05, 4.69) is 9.82 Å². The highest BCUT2D eigenvalue weighted by Crippen LogP contribution is 2.38. The summed E-state index contributed by atoms with van der Waals surface area (Å²) in [7, 11) is -7.54. The number of para-hydroxylation sites is 1. The summed E-state index contributed by atoms with van der Waals surface area (Å²) in [5, 5.41) is 4.95. The van der Waals surface area contributed by atoms with Crippen LogP contribution in [0.3, 0.4) is 0 Å². The SMILES string of the molecule is CCS(=O)(=O)Nc1ccccc1C1=NN(S(=O)(=O)c2ccc(Cl)cc2)C(c2ccc(C)cc2)C1. The lowest BCUT2D eigenvalue weighted by atomic mass is 9.98. The zero-order valence-corrected chi connectivity index (χ0v) is 21.0. The Labute approximate surface area is 205 Å². The standard InChI is InChI=1S/C24H24ClN3O4S2/c1-3-33(29,30)27-22-7-5-4-6-21(22)23-16-24(18-10-8-17(2)9-11-18)28(26-23)34(31,32)20-14-12-19(25)13-15-20/h4-15,24,27H,3,16H2,1-2H3. The van der Waals surface area contributed by atoms with E-state index in [1.165, 1.54) is 24.3 Å². The molecule has 4 rings (SSSR count). The average molecular weight is 518 g/mol. The molecule has 1 atom stereocenters. The van der Waals surface area contributed by atoms with E-state index in [9.17, 15) is 16.8 Å². The maximum absolute atomic E-state index is 13.6. The molecule has 0 amide bonds. The Morgan fingerprint density at radius 2 is 1.62 bits per heavy atom. The van der Waals surface area contributed by atoms with E-state index in [-0.39, 0.29) is 17.1 Å². The van der Waals surface area contributed by atoms with Crippen molar-refractivity contribution in [3.63, 3.8) is 0 Å². The summed E-state index contributed by atoms with van der Waals surface area (Å²) in [4.78, 5) is 0.0685. The number of aryl methyl sites for hydroxylation is 1. The molecule has 3 aromatic carbocycles. The molecule has 178 valence electrons. The summed E-state index contributed by atoms with van der Waals surface area (Å²) in [6, 6.07) is 19.8. The summed E-state index contributed by atoms with van der Waals surface area (Å²) >= 11 is 5.95. The zero-order chi connectivity index (χ0) is 24.5. The summed E-state index contributed by atoms with van der Waals surface area (Å²) in [6.07, 6.45) is 0.279. The van der Waals surface area contributed by atoms with Crippen LogP contribution in [0.15, 0.2) is 82.8 Å². The van der Waals surface area contributed by atoms with Gasteiger partial charge in [0.1, 0.15) is 0 Å². The van der Waals surface area contributed by atoms with Crippen molar-refractivity contribution in [2.75, 3.05) is 10.5 Å². The number of sulfonamides is 2. The summed E-state index contributed by atoms with van der Waals surface area (Å²) < 4.78 is 55.3. The number of benzene rings is 3. The molecule has 1 aliphatic rings. The maximum atomic E-state index is 13.6. The van der Waals surface area contributed by atoms with Crippen LogP contribution < -0.4 is 4.72 Å². The number of nitrogens with one attached hydrogen (secondary N) is 1. The van der Waals surface area contributed by atoms with Gasteiger partial charge in [-0.25, -0.2) is 8.42 Å². The molecule has 7 nitrogen and oxygen atoms in total. The number of rotatable bonds is 7. The van der Waals surface area contributed by atoms with Crippen LogP contribution in [0.5, 0.6) is 0 Å². The van der Waals surface area contributed by atoms with E-state index in [0.717, 1.165) is 15.5 Å². The average Bonchev–Trinajstić information content (AvgIpc) is 3.26. The van der Waals surface area contributed by atoms with Gasteiger partial charge < -0.3 is 0 Å². The van der Waals surface area contributed by atoms with Crippen LogP contribution in [0.1, 0.15) is 36.1 Å². The van der Waals surface area contributed by atoms with E-state index in [0.29, 0.717) is 22.0 Å². The smallest absolute Gasteiger partial charge is 0.279 e. The van der Waals surface area contributed by atoms with Gasteiger partial charge in [0, 0.05) is 17.0 Å². The van der Waals surface area contributed by atoms with Gasteiger partial charge in [-0.15, -0.1) is 0 Å². The van der Waals surface area contributed by atoms with Crippen molar-refractivity contribution < 1.29 is 16.8 Å². The first-order chi connectivity index (χ1) is 16.1. The molecular formula is C24H24ClN3O4S2. The van der Waals surface area contributed by atoms with Crippen LogP contribution >= 0.6 is 11.6 Å². The van der Waals surface area contributed by atoms with Gasteiger partial charge in [0.15, 0.2) is 0 Å². The number of halogens is 1. The minimum absolute atomic E-state index is 0.0685. The highest BCUT2D eigenvalue weighted by Gasteiger charge is 2.38. The molecule has 0 saturated heterocycles. The van der Waals surface area contributed by atoms with E-state index in [4.69, 9.17) is 11.6 Å². The molecule has 0 bridgehead atoms. The highest BCUT2D eigenvalue weighted by atomic mass is 35.5. The summed E-state index contributed by atoms with van der Waals surface area (Å²) in [5.41, 5.74) is 3.20. The number of hydrazone groups is 1. The zero-order valence-electron chi connectivity index (χ0n) is 18.6. The van der Waals surface area contributed by atoms with Crippen molar-refractivity contribution in [3.8, 4) is 0 Å². The molecular weight excluding hydrogens is 494 g/mol. The molecule has 1 aliphatic heterocycles. The highest BCUT2D eigenvalue weighted by molar-refractivity contribution is 7.92. The topological polar surface area (TPSA) is 95.9 Å². The predicted octanol–water partition coefficient (Wildman–Crippen LogP) is 4.95. The Morgan fingerprint density at radius 1 is 0.971 bits per heavy atom. The molecule has 0 fully saturated rings. The van der Waals surface area contributed by atoms with Crippen molar-refractivity contribution in [1.82, 2.24) is 4.41 Å². The fourth-order valence-corrected chi connectivity index (χ4v) is 5.90. The van der Waals surface area contributed by atoms with Crippen LogP contribution in [0.2, 0.25) is 5.02 Å². The van der Waals surface area contributed by atoms with Gasteiger partial charge in [-0.3, -0.25) is 4.72 Å². The monoisotopic (exact) mass is 517 g/mol. The van der Waals surface area contributed by atoms with Gasteiger partial charge in [0.2, 0.25) is 10.0 Å². The third-order valence-corrected chi connectivity index (χ3v) is 8.82. The second-order valence-corrected chi connectivity index (χ2v) is 12.2. The lowest BCUT2D eigenvalue weighted by molar-refractivity contribution is 0.371. The lowest BCUT2D eigenvalue weighted by Crippen LogP contribution is -2.27. The van der Waals surface area contributed by atoms with Crippen molar-refractivity contribution >= 4 is 43.0 Å². The Bertz CT molecular complexity index is 1440. The number of hydrogen-bond donors (Lipinski definition) is 1. The van der Waals surface area contributed by atoms with Gasteiger partial charge in [0.05, 0.1) is 28.1 Å². The molecule has 3 aromatic rings. The summed E-state index contributed by atoms with van der Waals surface area (Å²) in [5.74, 6) is -0.0864. The molecule has 1 unspecified atom stereocenters. The molecule has 34 heavy (non-hydrogen) atoms. The van der Waals surface area contributed by atoms with Gasteiger partial charge in [-0.1, -0.05) is 59.6 Å². The Morgan fingerprint density at radius 3 is 2.26 bits per heavy atom. The van der Waals surface area contributed by atoms with Crippen LogP contribution in [-0.4, -0.2) is 32.7 Å². The van der Waals surface area contributed by atoms with Crippen molar-refractivity contribution in [1.29, 1.82) is 0 Å². The molecule has 0 spiro atoms. The van der Waals surface area contributed by atoms with Crippen LogP contribution in [-0.2, 0) is 20.0 Å². The van der Waals surface area contributed by atoms with Gasteiger partial charge in [-0.2, -0.15) is 17.9 Å². The Kier molecular flexibility index (Phi) is 6.71. The lowest BCUT2D eigenvalue weighted by Gasteiger charge is -2.23. The van der Waals surface area contributed by atoms with Crippen molar-refractivity contribution in [2.24, 2.45) is 5.10 Å². The normalized spacial score (nSPS) is 16.4. The van der Waals surface area contributed by atoms with E-state index in [1.807, 2.05) is 31.2 Å². The van der Waals surface area contributed by atoms with Crippen LogP contribution in [0, 0.1) is 6.92 Å².